The maximum atomic E-state index is 10.7. The van der Waals surface area contributed by atoms with Crippen molar-refractivity contribution in [2.45, 2.75) is 32.4 Å². The number of carbonyl (C=O) groups is 1. The maximum absolute atomic E-state index is 10.7. The standard InChI is InChI=1S/C15H22N4O2/c1-3-5-13-6-4-7-19(13)10-12-8-16-15(17-9-12)18(2)11-14(20)21/h4,6,8-9,13H,3,5,7,10-11H2,1-2H3,(H,20,21)/t13-/m0/s1. The highest BCUT2D eigenvalue weighted by Crippen LogP contribution is 2.18. The zero-order valence-electron chi connectivity index (χ0n) is 12.6. The summed E-state index contributed by atoms with van der Waals surface area (Å²) in [6.07, 6.45) is 10.4. The molecule has 0 aromatic carbocycles. The number of anilines is 1. The molecule has 1 aliphatic heterocycles. The summed E-state index contributed by atoms with van der Waals surface area (Å²) >= 11 is 0. The van der Waals surface area contributed by atoms with Crippen LogP contribution in [0.4, 0.5) is 5.95 Å². The first kappa shape index (κ1) is 15.4. The fraction of sp³-hybridized carbons (Fsp3) is 0.533. The van der Waals surface area contributed by atoms with Crippen molar-refractivity contribution in [1.29, 1.82) is 0 Å². The van der Waals surface area contributed by atoms with Gasteiger partial charge in [0, 0.05) is 44.1 Å². The van der Waals surface area contributed by atoms with E-state index >= 15 is 0 Å². The number of hydrogen-bond acceptors (Lipinski definition) is 5. The Morgan fingerprint density at radius 2 is 2.19 bits per heavy atom. The van der Waals surface area contributed by atoms with Crippen LogP contribution in [0.3, 0.4) is 0 Å². The zero-order valence-corrected chi connectivity index (χ0v) is 12.6. The third-order valence-electron chi connectivity index (χ3n) is 3.54. The van der Waals surface area contributed by atoms with Gasteiger partial charge in [0.15, 0.2) is 0 Å². The minimum atomic E-state index is -0.893. The lowest BCUT2D eigenvalue weighted by molar-refractivity contribution is -0.135. The van der Waals surface area contributed by atoms with Crippen molar-refractivity contribution in [2.24, 2.45) is 0 Å². The van der Waals surface area contributed by atoms with Gasteiger partial charge in [-0.05, 0) is 6.42 Å². The van der Waals surface area contributed by atoms with E-state index in [1.807, 2.05) is 0 Å². The highest BCUT2D eigenvalue weighted by molar-refractivity contribution is 5.72. The van der Waals surface area contributed by atoms with Crippen LogP contribution in [0.5, 0.6) is 0 Å². The van der Waals surface area contributed by atoms with Gasteiger partial charge in [0.1, 0.15) is 6.54 Å². The second-order valence-electron chi connectivity index (χ2n) is 5.35. The lowest BCUT2D eigenvalue weighted by Gasteiger charge is -2.24. The number of aromatic nitrogens is 2. The fourth-order valence-corrected chi connectivity index (χ4v) is 2.50. The summed E-state index contributed by atoms with van der Waals surface area (Å²) < 4.78 is 0. The smallest absolute Gasteiger partial charge is 0.323 e. The Bertz CT molecular complexity index is 501. The molecule has 0 saturated heterocycles. The Hall–Kier alpha value is -1.95. The SMILES string of the molecule is CCC[C@H]1C=CCN1Cc1cnc(N(C)CC(=O)O)nc1. The van der Waals surface area contributed by atoms with E-state index < -0.39 is 5.97 Å². The Kier molecular flexibility index (Phi) is 5.27. The van der Waals surface area contributed by atoms with Crippen LogP contribution in [0.1, 0.15) is 25.3 Å². The van der Waals surface area contributed by atoms with Gasteiger partial charge < -0.3 is 10.0 Å². The summed E-state index contributed by atoms with van der Waals surface area (Å²) in [6.45, 7) is 3.88. The highest BCUT2D eigenvalue weighted by Gasteiger charge is 2.19. The van der Waals surface area contributed by atoms with Gasteiger partial charge in [-0.15, -0.1) is 0 Å². The molecule has 21 heavy (non-hydrogen) atoms. The first-order chi connectivity index (χ1) is 10.1. The molecule has 1 aromatic rings. The molecule has 1 aromatic heterocycles. The Labute approximate surface area is 125 Å². The summed E-state index contributed by atoms with van der Waals surface area (Å²) in [6, 6.07) is 0.504. The van der Waals surface area contributed by atoms with Crippen LogP contribution in [0.25, 0.3) is 0 Å². The highest BCUT2D eigenvalue weighted by atomic mass is 16.4. The van der Waals surface area contributed by atoms with Crippen LogP contribution in [-0.2, 0) is 11.3 Å². The van der Waals surface area contributed by atoms with Crippen molar-refractivity contribution in [3.05, 3.63) is 30.1 Å². The monoisotopic (exact) mass is 290 g/mol. The van der Waals surface area contributed by atoms with Crippen LogP contribution in [0.2, 0.25) is 0 Å². The number of rotatable bonds is 7. The lowest BCUT2D eigenvalue weighted by atomic mass is 10.1. The molecule has 1 atom stereocenters. The molecule has 114 valence electrons. The molecule has 0 radical (unpaired) electrons. The van der Waals surface area contributed by atoms with Crippen molar-refractivity contribution in [3.8, 4) is 0 Å². The van der Waals surface area contributed by atoms with E-state index in [0.29, 0.717) is 12.0 Å². The molecule has 6 nitrogen and oxygen atoms in total. The second-order valence-corrected chi connectivity index (χ2v) is 5.35. The van der Waals surface area contributed by atoms with E-state index in [1.54, 1.807) is 19.4 Å². The Balaban J connectivity index is 1.95. The minimum absolute atomic E-state index is 0.103. The topological polar surface area (TPSA) is 69.6 Å². The van der Waals surface area contributed by atoms with Gasteiger partial charge in [0.25, 0.3) is 0 Å². The quantitative estimate of drug-likeness (QED) is 0.768. The van der Waals surface area contributed by atoms with E-state index in [2.05, 4.69) is 33.9 Å². The number of likely N-dealkylation sites (N-methyl/N-ethyl adjacent to an activating group) is 1. The number of aliphatic carboxylic acids is 1. The number of carboxylic acids is 1. The van der Waals surface area contributed by atoms with Gasteiger partial charge in [-0.1, -0.05) is 25.5 Å². The molecular weight excluding hydrogens is 268 g/mol. The van der Waals surface area contributed by atoms with Crippen molar-refractivity contribution in [3.63, 3.8) is 0 Å². The number of carboxylic acid groups (broad SMARTS) is 1. The van der Waals surface area contributed by atoms with Gasteiger partial charge in [0.2, 0.25) is 5.95 Å². The van der Waals surface area contributed by atoms with Gasteiger partial charge in [0.05, 0.1) is 0 Å². The summed E-state index contributed by atoms with van der Waals surface area (Å²) in [5, 5.41) is 8.76. The van der Waals surface area contributed by atoms with Gasteiger partial charge in [-0.3, -0.25) is 9.69 Å². The average molecular weight is 290 g/mol. The summed E-state index contributed by atoms with van der Waals surface area (Å²) in [5.74, 6) is -0.457. The fourth-order valence-electron chi connectivity index (χ4n) is 2.50. The van der Waals surface area contributed by atoms with Crippen LogP contribution in [-0.4, -0.2) is 52.1 Å². The summed E-state index contributed by atoms with van der Waals surface area (Å²) in [7, 11) is 1.67. The van der Waals surface area contributed by atoms with Crippen LogP contribution >= 0.6 is 0 Å². The molecule has 0 spiro atoms. The number of hydrogen-bond donors (Lipinski definition) is 1. The molecule has 0 fully saturated rings. The molecular formula is C15H22N4O2. The van der Waals surface area contributed by atoms with Crippen LogP contribution in [0.15, 0.2) is 24.5 Å². The van der Waals surface area contributed by atoms with Crippen molar-refractivity contribution in [2.75, 3.05) is 25.0 Å². The van der Waals surface area contributed by atoms with Gasteiger partial charge >= 0.3 is 5.97 Å². The van der Waals surface area contributed by atoms with Crippen molar-refractivity contribution < 1.29 is 9.90 Å². The Morgan fingerprint density at radius 1 is 1.48 bits per heavy atom. The molecule has 2 heterocycles. The van der Waals surface area contributed by atoms with Gasteiger partial charge in [-0.2, -0.15) is 0 Å². The van der Waals surface area contributed by atoms with E-state index in [4.69, 9.17) is 5.11 Å². The molecule has 0 bridgehead atoms. The largest absolute Gasteiger partial charge is 0.480 e. The predicted octanol–water partition coefficient (Wildman–Crippen LogP) is 1.54. The van der Waals surface area contributed by atoms with Gasteiger partial charge in [-0.25, -0.2) is 9.97 Å². The molecule has 1 aliphatic rings. The second kappa shape index (κ2) is 7.17. The molecule has 6 heteroatoms. The van der Waals surface area contributed by atoms with E-state index in [-0.39, 0.29) is 6.54 Å². The molecule has 0 aliphatic carbocycles. The first-order valence-electron chi connectivity index (χ1n) is 7.24. The first-order valence-corrected chi connectivity index (χ1v) is 7.24. The maximum Gasteiger partial charge on any atom is 0.323 e. The van der Waals surface area contributed by atoms with Crippen LogP contribution in [0, 0.1) is 0 Å². The van der Waals surface area contributed by atoms with E-state index in [0.717, 1.165) is 25.1 Å². The van der Waals surface area contributed by atoms with E-state index in [9.17, 15) is 4.79 Å². The predicted molar refractivity (Wildman–Crippen MR) is 81.2 cm³/mol. The molecule has 0 amide bonds. The molecule has 2 rings (SSSR count). The molecule has 1 N–H and O–H groups in total. The van der Waals surface area contributed by atoms with Crippen molar-refractivity contribution >= 4 is 11.9 Å². The average Bonchev–Trinajstić information content (AvgIpc) is 2.86. The minimum Gasteiger partial charge on any atom is -0.480 e. The molecule has 0 unspecified atom stereocenters. The summed E-state index contributed by atoms with van der Waals surface area (Å²) in [4.78, 5) is 23.1. The third-order valence-corrected chi connectivity index (χ3v) is 3.54. The van der Waals surface area contributed by atoms with Crippen molar-refractivity contribution in [1.82, 2.24) is 14.9 Å². The normalized spacial score (nSPS) is 18.1. The number of nitrogens with zero attached hydrogens (tertiary/aromatic N) is 4. The summed E-state index contributed by atoms with van der Waals surface area (Å²) in [5.41, 5.74) is 1.05. The van der Waals surface area contributed by atoms with Crippen LogP contribution < -0.4 is 4.90 Å². The molecule has 0 saturated carbocycles. The lowest BCUT2D eigenvalue weighted by Crippen LogP contribution is -2.30. The third kappa shape index (κ3) is 4.26. The van der Waals surface area contributed by atoms with E-state index in [1.165, 1.54) is 11.3 Å². The Morgan fingerprint density at radius 3 is 2.81 bits per heavy atom. The zero-order chi connectivity index (χ0) is 15.2.